The Bertz CT molecular complexity index is 636. The summed E-state index contributed by atoms with van der Waals surface area (Å²) in [4.78, 5) is 4.34. The Kier molecular flexibility index (Phi) is 2.97. The van der Waals surface area contributed by atoms with E-state index in [1.807, 2.05) is 17.9 Å². The maximum atomic E-state index is 9.10. The Balaban J connectivity index is 1.64. The number of fused-ring (bicyclic) bond motifs is 1. The summed E-state index contributed by atoms with van der Waals surface area (Å²) in [5.41, 5.74) is 2.99. The molecule has 2 heterocycles. The largest absolute Gasteiger partial charge is 0.378 e. The molecule has 98 valence electrons. The van der Waals surface area contributed by atoms with Gasteiger partial charge in [-0.15, -0.1) is 0 Å². The maximum absolute atomic E-state index is 9.10. The van der Waals surface area contributed by atoms with E-state index in [4.69, 9.17) is 10.00 Å². The van der Waals surface area contributed by atoms with Gasteiger partial charge in [0.15, 0.2) is 0 Å². The summed E-state index contributed by atoms with van der Waals surface area (Å²) in [5, 5.41) is 12.4. The molecule has 1 aliphatic heterocycles. The number of aromatic nitrogens is 2. The van der Waals surface area contributed by atoms with Crippen LogP contribution in [0.1, 0.15) is 5.56 Å². The molecule has 0 spiro atoms. The number of hydrogen-bond donors (Lipinski definition) is 1. The van der Waals surface area contributed by atoms with Crippen LogP contribution in [0.2, 0.25) is 0 Å². The lowest BCUT2D eigenvalue weighted by molar-refractivity contribution is -0.0755. The van der Waals surface area contributed by atoms with Crippen LogP contribution in [0.3, 0.4) is 0 Å². The van der Waals surface area contributed by atoms with Gasteiger partial charge in [0.25, 0.3) is 0 Å². The Morgan fingerprint density at radius 2 is 2.37 bits per heavy atom. The summed E-state index contributed by atoms with van der Waals surface area (Å²) in [6, 6.07) is 8.58. The highest BCUT2D eigenvalue weighted by Gasteiger charge is 2.38. The number of hydrogen-bond acceptors (Lipinski definition) is 4. The Labute approximate surface area is 111 Å². The molecule has 0 atom stereocenters. The first-order valence-electron chi connectivity index (χ1n) is 6.32. The Morgan fingerprint density at radius 3 is 3.05 bits per heavy atom. The van der Waals surface area contributed by atoms with Crippen LogP contribution in [0, 0.1) is 16.7 Å². The van der Waals surface area contributed by atoms with Crippen LogP contribution in [0.25, 0.3) is 11.0 Å². The fraction of sp³-hybridized carbons (Fsp3) is 0.429. The van der Waals surface area contributed by atoms with Crippen LogP contribution in [-0.2, 0) is 18.3 Å². The number of aryl methyl sites for hydroxylation is 1. The molecular weight excluding hydrogens is 240 g/mol. The zero-order valence-corrected chi connectivity index (χ0v) is 10.9. The fourth-order valence-electron chi connectivity index (χ4n) is 2.29. The number of imidazole rings is 1. The fourth-order valence-corrected chi connectivity index (χ4v) is 2.29. The first kappa shape index (κ1) is 12.2. The summed E-state index contributed by atoms with van der Waals surface area (Å²) in [6.45, 7) is 2.49. The topological polar surface area (TPSA) is 62.9 Å². The third kappa shape index (κ3) is 2.21. The lowest BCUT2D eigenvalue weighted by Gasteiger charge is -2.35. The van der Waals surface area contributed by atoms with Gasteiger partial charge in [-0.1, -0.05) is 6.07 Å². The average molecular weight is 256 g/mol. The van der Waals surface area contributed by atoms with Gasteiger partial charge in [0, 0.05) is 20.1 Å². The van der Waals surface area contributed by atoms with Gasteiger partial charge in [-0.25, -0.2) is 4.98 Å². The molecule has 5 nitrogen and oxygen atoms in total. The highest BCUT2D eigenvalue weighted by molar-refractivity contribution is 5.75. The molecule has 1 saturated heterocycles. The molecule has 0 saturated carbocycles. The van der Waals surface area contributed by atoms with Crippen LogP contribution in [0.5, 0.6) is 0 Å². The second-order valence-corrected chi connectivity index (χ2v) is 5.17. The highest BCUT2D eigenvalue weighted by Crippen LogP contribution is 2.25. The van der Waals surface area contributed by atoms with E-state index in [-0.39, 0.29) is 5.41 Å². The molecule has 0 aliphatic carbocycles. The molecule has 1 aromatic heterocycles. The summed E-state index contributed by atoms with van der Waals surface area (Å²) < 4.78 is 7.12. The van der Waals surface area contributed by atoms with E-state index in [9.17, 15) is 0 Å². The molecule has 1 fully saturated rings. The molecule has 19 heavy (non-hydrogen) atoms. The van der Waals surface area contributed by atoms with Crippen molar-refractivity contribution in [2.45, 2.75) is 6.54 Å². The summed E-state index contributed by atoms with van der Waals surface area (Å²) >= 11 is 0. The zero-order chi connectivity index (χ0) is 13.3. The van der Waals surface area contributed by atoms with E-state index >= 15 is 0 Å². The number of ether oxygens (including phenoxy) is 1. The van der Waals surface area contributed by atoms with Crippen molar-refractivity contribution in [2.24, 2.45) is 12.5 Å². The van der Waals surface area contributed by atoms with Gasteiger partial charge in [-0.2, -0.15) is 5.26 Å². The molecule has 1 aliphatic rings. The minimum absolute atomic E-state index is 0.324. The summed E-state index contributed by atoms with van der Waals surface area (Å²) in [7, 11) is 1.99. The van der Waals surface area contributed by atoms with Crippen molar-refractivity contribution in [3.8, 4) is 6.07 Å². The minimum atomic E-state index is -0.324. The van der Waals surface area contributed by atoms with E-state index in [0.29, 0.717) is 19.8 Å². The third-order valence-electron chi connectivity index (χ3n) is 3.58. The molecule has 1 aromatic carbocycles. The molecule has 5 heteroatoms. The predicted molar refractivity (Wildman–Crippen MR) is 71.3 cm³/mol. The number of rotatable bonds is 4. The number of nitrogens with one attached hydrogen (secondary N) is 1. The third-order valence-corrected chi connectivity index (χ3v) is 3.58. The Hall–Kier alpha value is -1.90. The van der Waals surface area contributed by atoms with Gasteiger partial charge in [-0.3, -0.25) is 0 Å². The van der Waals surface area contributed by atoms with Crippen LogP contribution in [0.15, 0.2) is 24.5 Å². The van der Waals surface area contributed by atoms with Crippen molar-refractivity contribution >= 4 is 11.0 Å². The molecule has 1 N–H and O–H groups in total. The molecule has 2 aromatic rings. The smallest absolute Gasteiger partial charge is 0.116 e. The molecule has 0 amide bonds. The average Bonchev–Trinajstić information content (AvgIpc) is 2.74. The van der Waals surface area contributed by atoms with E-state index in [2.05, 4.69) is 34.6 Å². The zero-order valence-electron chi connectivity index (χ0n) is 10.9. The van der Waals surface area contributed by atoms with Gasteiger partial charge >= 0.3 is 0 Å². The number of nitrogens with zero attached hydrogens (tertiary/aromatic N) is 3. The van der Waals surface area contributed by atoms with Crippen LogP contribution in [0.4, 0.5) is 0 Å². The second-order valence-electron chi connectivity index (χ2n) is 5.17. The second kappa shape index (κ2) is 4.65. The van der Waals surface area contributed by atoms with Gasteiger partial charge < -0.3 is 14.6 Å². The van der Waals surface area contributed by atoms with Crippen LogP contribution < -0.4 is 5.32 Å². The SMILES string of the molecule is Cn1cnc2cc(CNCC3(C#N)COC3)ccc21. The quantitative estimate of drug-likeness (QED) is 0.893. The summed E-state index contributed by atoms with van der Waals surface area (Å²) in [6.07, 6.45) is 1.82. The molecular formula is C14H16N4O. The first-order valence-corrected chi connectivity index (χ1v) is 6.32. The van der Waals surface area contributed by atoms with Crippen molar-refractivity contribution < 1.29 is 4.74 Å². The van der Waals surface area contributed by atoms with Gasteiger partial charge in [0.2, 0.25) is 0 Å². The lowest BCUT2D eigenvalue weighted by Crippen LogP contribution is -2.48. The standard InChI is InChI=1S/C14H16N4O/c1-18-10-17-12-4-11(2-3-13(12)18)5-16-7-14(6-15)8-19-9-14/h2-4,10,16H,5,7-9H2,1H3. The first-order chi connectivity index (χ1) is 9.22. The maximum Gasteiger partial charge on any atom is 0.116 e. The van der Waals surface area contributed by atoms with E-state index in [1.165, 1.54) is 5.56 Å². The molecule has 0 radical (unpaired) electrons. The van der Waals surface area contributed by atoms with E-state index in [1.54, 1.807) is 0 Å². The van der Waals surface area contributed by atoms with E-state index < -0.39 is 0 Å². The van der Waals surface area contributed by atoms with E-state index in [0.717, 1.165) is 17.6 Å². The minimum Gasteiger partial charge on any atom is -0.378 e. The predicted octanol–water partition coefficient (Wildman–Crippen LogP) is 1.20. The summed E-state index contributed by atoms with van der Waals surface area (Å²) in [5.74, 6) is 0. The monoisotopic (exact) mass is 256 g/mol. The molecule has 0 bridgehead atoms. The van der Waals surface area contributed by atoms with Crippen LogP contribution >= 0.6 is 0 Å². The van der Waals surface area contributed by atoms with Crippen molar-refractivity contribution in [3.63, 3.8) is 0 Å². The normalized spacial score (nSPS) is 17.1. The lowest BCUT2D eigenvalue weighted by atomic mass is 9.88. The van der Waals surface area contributed by atoms with Gasteiger partial charge in [0.05, 0.1) is 36.6 Å². The van der Waals surface area contributed by atoms with Crippen molar-refractivity contribution in [1.82, 2.24) is 14.9 Å². The van der Waals surface area contributed by atoms with Gasteiger partial charge in [-0.05, 0) is 17.7 Å². The Morgan fingerprint density at radius 1 is 1.53 bits per heavy atom. The number of benzene rings is 1. The highest BCUT2D eigenvalue weighted by atomic mass is 16.5. The van der Waals surface area contributed by atoms with Crippen LogP contribution in [-0.4, -0.2) is 29.3 Å². The van der Waals surface area contributed by atoms with Crippen molar-refractivity contribution in [2.75, 3.05) is 19.8 Å². The van der Waals surface area contributed by atoms with Crippen molar-refractivity contribution in [1.29, 1.82) is 5.26 Å². The van der Waals surface area contributed by atoms with Gasteiger partial charge in [0.1, 0.15) is 5.41 Å². The van der Waals surface area contributed by atoms with Crippen molar-refractivity contribution in [3.05, 3.63) is 30.1 Å². The number of nitriles is 1. The molecule has 0 unspecified atom stereocenters. The molecule has 3 rings (SSSR count).